The molecule has 108 valence electrons. The van der Waals surface area contributed by atoms with Gasteiger partial charge in [-0.05, 0) is 30.5 Å². The van der Waals surface area contributed by atoms with Crippen molar-refractivity contribution in [3.63, 3.8) is 0 Å². The molecule has 20 heavy (non-hydrogen) atoms. The van der Waals surface area contributed by atoms with Gasteiger partial charge in [-0.25, -0.2) is 8.42 Å². The van der Waals surface area contributed by atoms with E-state index < -0.39 is 10.1 Å². The molecular weight excluding hydrogens is 299 g/mol. The van der Waals surface area contributed by atoms with E-state index in [4.69, 9.17) is 0 Å². The van der Waals surface area contributed by atoms with Crippen LogP contribution in [0, 0.1) is 0 Å². The van der Waals surface area contributed by atoms with Crippen molar-refractivity contribution in [2.75, 3.05) is 0 Å². The summed E-state index contributed by atoms with van der Waals surface area (Å²) in [6, 6.07) is 6.38. The molecule has 0 aliphatic rings. The van der Waals surface area contributed by atoms with Crippen LogP contribution in [0.3, 0.4) is 0 Å². The smallest absolute Gasteiger partial charge is 0.744 e. The molecule has 0 aliphatic heterocycles. The summed E-state index contributed by atoms with van der Waals surface area (Å²) in [5.74, 6) is 0. The quantitative estimate of drug-likeness (QED) is 0.385. The second-order valence-corrected chi connectivity index (χ2v) is 6.35. The van der Waals surface area contributed by atoms with E-state index in [0.29, 0.717) is 0 Å². The van der Waals surface area contributed by atoms with Crippen molar-refractivity contribution < 1.29 is 64.4 Å². The molecule has 0 amide bonds. The molecule has 0 fully saturated rings. The van der Waals surface area contributed by atoms with Gasteiger partial charge in [0.15, 0.2) is 0 Å². The number of hydrogen-bond donors (Lipinski definition) is 0. The Morgan fingerprint density at radius 1 is 1.00 bits per heavy atom. The van der Waals surface area contributed by atoms with Crippen LogP contribution in [0.1, 0.15) is 57.4 Å². The topological polar surface area (TPSA) is 57.2 Å². The molecule has 0 heterocycles. The van der Waals surface area contributed by atoms with E-state index >= 15 is 0 Å². The van der Waals surface area contributed by atoms with Crippen LogP contribution in [-0.2, 0) is 16.5 Å². The minimum atomic E-state index is -4.32. The van der Waals surface area contributed by atoms with E-state index in [9.17, 15) is 13.0 Å². The molecule has 0 radical (unpaired) electrons. The predicted molar refractivity (Wildman–Crippen MR) is 76.1 cm³/mol. The van der Waals surface area contributed by atoms with Crippen LogP contribution in [0.5, 0.6) is 0 Å². The second-order valence-electron chi connectivity index (χ2n) is 4.97. The number of aryl methyl sites for hydroxylation is 1. The molecule has 0 saturated carbocycles. The average Bonchev–Trinajstić information content (AvgIpc) is 2.37. The van der Waals surface area contributed by atoms with Gasteiger partial charge in [-0.1, -0.05) is 57.6 Å². The van der Waals surface area contributed by atoms with Crippen molar-refractivity contribution in [3.8, 4) is 0 Å². The van der Waals surface area contributed by atoms with Gasteiger partial charge in [0.1, 0.15) is 10.1 Å². The Labute approximate surface area is 165 Å². The monoisotopic (exact) mass is 322 g/mol. The Kier molecular flexibility index (Phi) is 11.8. The van der Waals surface area contributed by atoms with Gasteiger partial charge in [-0.3, -0.25) is 0 Å². The van der Waals surface area contributed by atoms with Gasteiger partial charge in [-0.15, -0.1) is 0 Å². The minimum Gasteiger partial charge on any atom is -0.744 e. The molecule has 0 aromatic heterocycles. The van der Waals surface area contributed by atoms with Crippen molar-refractivity contribution in [2.45, 2.75) is 63.2 Å². The first-order valence-electron chi connectivity index (χ1n) is 7.09. The predicted octanol–water partition coefficient (Wildman–Crippen LogP) is 0.888. The summed E-state index contributed by atoms with van der Waals surface area (Å²) in [6.45, 7) is 2.21. The number of rotatable bonds is 9. The summed E-state index contributed by atoms with van der Waals surface area (Å²) >= 11 is 0. The molecule has 0 unspecified atom stereocenters. The van der Waals surface area contributed by atoms with Crippen LogP contribution in [-0.4, -0.2) is 13.0 Å². The van der Waals surface area contributed by atoms with E-state index in [0.717, 1.165) is 24.8 Å². The molecule has 1 aromatic rings. The SMILES string of the molecule is CCCCCCCCCc1cccc(S(=O)(=O)[O-])c1.[K+]. The zero-order chi connectivity index (χ0) is 14.1. The summed E-state index contributed by atoms with van der Waals surface area (Å²) in [4.78, 5) is -0.118. The molecule has 1 aromatic carbocycles. The standard InChI is InChI=1S/C15H24O3S.K/c1-2-3-4-5-6-7-8-10-14-11-9-12-15(13-14)19(16,17)18;/h9,11-13H,2-8,10H2,1H3,(H,16,17,18);/q;+1/p-1. The summed E-state index contributed by atoms with van der Waals surface area (Å²) in [7, 11) is -4.32. The Hall–Kier alpha value is 0.766. The molecule has 0 aliphatic carbocycles. The van der Waals surface area contributed by atoms with Crippen LogP contribution in [0.25, 0.3) is 0 Å². The zero-order valence-electron chi connectivity index (χ0n) is 12.6. The fourth-order valence-electron chi connectivity index (χ4n) is 2.14. The Balaban J connectivity index is 0.00000361. The molecular formula is C15H23KO3S. The molecule has 0 N–H and O–H groups in total. The van der Waals surface area contributed by atoms with Gasteiger partial charge < -0.3 is 4.55 Å². The Morgan fingerprint density at radius 3 is 2.20 bits per heavy atom. The normalized spacial score (nSPS) is 11.1. The van der Waals surface area contributed by atoms with Crippen LogP contribution >= 0.6 is 0 Å². The maximum Gasteiger partial charge on any atom is 1.00 e. The van der Waals surface area contributed by atoms with Crippen LogP contribution in [0.2, 0.25) is 0 Å². The van der Waals surface area contributed by atoms with Crippen LogP contribution in [0.4, 0.5) is 0 Å². The van der Waals surface area contributed by atoms with Crippen molar-refractivity contribution in [3.05, 3.63) is 29.8 Å². The van der Waals surface area contributed by atoms with Crippen molar-refractivity contribution >= 4 is 10.1 Å². The summed E-state index contributed by atoms with van der Waals surface area (Å²) < 4.78 is 32.7. The first kappa shape index (κ1) is 20.8. The molecule has 0 atom stereocenters. The number of hydrogen-bond acceptors (Lipinski definition) is 3. The number of benzene rings is 1. The average molecular weight is 323 g/mol. The van der Waals surface area contributed by atoms with E-state index in [2.05, 4.69) is 6.92 Å². The molecule has 0 spiro atoms. The van der Waals surface area contributed by atoms with E-state index in [1.165, 1.54) is 44.2 Å². The second kappa shape index (κ2) is 11.3. The Morgan fingerprint density at radius 2 is 1.60 bits per heavy atom. The number of unbranched alkanes of at least 4 members (excludes halogenated alkanes) is 6. The van der Waals surface area contributed by atoms with E-state index in [1.54, 1.807) is 6.07 Å². The van der Waals surface area contributed by atoms with E-state index in [1.807, 2.05) is 6.07 Å². The van der Waals surface area contributed by atoms with Gasteiger partial charge in [0.25, 0.3) is 0 Å². The van der Waals surface area contributed by atoms with Crippen molar-refractivity contribution in [1.29, 1.82) is 0 Å². The van der Waals surface area contributed by atoms with Gasteiger partial charge in [0.05, 0.1) is 4.90 Å². The summed E-state index contributed by atoms with van der Waals surface area (Å²) in [5.41, 5.74) is 0.936. The van der Waals surface area contributed by atoms with Crippen LogP contribution < -0.4 is 51.4 Å². The third-order valence-electron chi connectivity index (χ3n) is 3.26. The first-order valence-corrected chi connectivity index (χ1v) is 8.49. The molecule has 0 bridgehead atoms. The maximum atomic E-state index is 10.9. The van der Waals surface area contributed by atoms with E-state index in [-0.39, 0.29) is 56.3 Å². The minimum absolute atomic E-state index is 0. The Bertz CT molecular complexity index is 472. The summed E-state index contributed by atoms with van der Waals surface area (Å²) in [6.07, 6.45) is 9.45. The molecule has 3 nitrogen and oxygen atoms in total. The fourth-order valence-corrected chi connectivity index (χ4v) is 2.68. The van der Waals surface area contributed by atoms with Gasteiger partial charge in [-0.2, -0.15) is 0 Å². The summed E-state index contributed by atoms with van der Waals surface area (Å²) in [5, 5.41) is 0. The van der Waals surface area contributed by atoms with Gasteiger partial charge in [0.2, 0.25) is 0 Å². The third-order valence-corrected chi connectivity index (χ3v) is 4.09. The largest absolute Gasteiger partial charge is 1.00 e. The molecule has 5 heteroatoms. The third kappa shape index (κ3) is 8.92. The molecule has 1 rings (SSSR count). The fraction of sp³-hybridized carbons (Fsp3) is 0.600. The molecule has 0 saturated heterocycles. The zero-order valence-corrected chi connectivity index (χ0v) is 16.5. The maximum absolute atomic E-state index is 10.9. The van der Waals surface area contributed by atoms with Gasteiger partial charge in [0, 0.05) is 0 Å². The van der Waals surface area contributed by atoms with Crippen molar-refractivity contribution in [2.24, 2.45) is 0 Å². The van der Waals surface area contributed by atoms with Crippen molar-refractivity contribution in [1.82, 2.24) is 0 Å². The van der Waals surface area contributed by atoms with Crippen LogP contribution in [0.15, 0.2) is 29.2 Å². The van der Waals surface area contributed by atoms with Gasteiger partial charge >= 0.3 is 51.4 Å². The first-order chi connectivity index (χ1) is 9.04.